The zero-order valence-corrected chi connectivity index (χ0v) is 23.3. The lowest BCUT2D eigenvalue weighted by atomic mass is 9.95. The fraction of sp³-hybridized carbons (Fsp3) is 0.393. The van der Waals surface area contributed by atoms with Gasteiger partial charge < -0.3 is 15.1 Å². The highest BCUT2D eigenvalue weighted by Gasteiger charge is 2.20. The van der Waals surface area contributed by atoms with Crippen LogP contribution in [0, 0.1) is 6.92 Å². The van der Waals surface area contributed by atoms with E-state index in [1.54, 1.807) is 6.20 Å². The van der Waals surface area contributed by atoms with Crippen molar-refractivity contribution in [2.45, 2.75) is 33.1 Å². The summed E-state index contributed by atoms with van der Waals surface area (Å²) in [5, 5.41) is 3.02. The van der Waals surface area contributed by atoms with Gasteiger partial charge in [-0.3, -0.25) is 24.1 Å². The predicted molar refractivity (Wildman–Crippen MR) is 151 cm³/mol. The van der Waals surface area contributed by atoms with Gasteiger partial charge in [-0.25, -0.2) is 0 Å². The molecule has 4 aromatic heterocycles. The van der Waals surface area contributed by atoms with E-state index in [9.17, 15) is 4.79 Å². The highest BCUT2D eigenvalue weighted by atomic mass is 32.1. The van der Waals surface area contributed by atoms with E-state index in [-0.39, 0.29) is 11.3 Å². The van der Waals surface area contributed by atoms with E-state index in [2.05, 4.69) is 74.5 Å². The number of piperazine rings is 1. The SMILES string of the molecule is Cc1ncc(NC(=O)c2ccc(C(C)(C)C)s2)cc1-n1cc(-c2cncc(N3CCN(C)CC3)c2)n1C. The van der Waals surface area contributed by atoms with Crippen molar-refractivity contribution in [1.29, 1.82) is 0 Å². The number of anilines is 2. The zero-order valence-electron chi connectivity index (χ0n) is 22.4. The van der Waals surface area contributed by atoms with Gasteiger partial charge in [0.1, 0.15) is 0 Å². The minimum Gasteiger partial charge on any atom is -0.368 e. The molecule has 0 bridgehead atoms. The van der Waals surface area contributed by atoms with E-state index in [0.717, 1.165) is 54.5 Å². The maximum absolute atomic E-state index is 12.9. The number of rotatable bonds is 5. The van der Waals surface area contributed by atoms with Gasteiger partial charge in [0.15, 0.2) is 0 Å². The van der Waals surface area contributed by atoms with E-state index in [4.69, 9.17) is 0 Å². The number of carbonyl (C=O) groups is 1. The van der Waals surface area contributed by atoms with Gasteiger partial charge in [0.25, 0.3) is 5.91 Å². The summed E-state index contributed by atoms with van der Waals surface area (Å²) in [4.78, 5) is 28.6. The molecule has 0 aromatic carbocycles. The minimum atomic E-state index is -0.114. The van der Waals surface area contributed by atoms with Crippen molar-refractivity contribution < 1.29 is 4.79 Å². The van der Waals surface area contributed by atoms with Crippen LogP contribution in [0.2, 0.25) is 0 Å². The van der Waals surface area contributed by atoms with Crippen molar-refractivity contribution in [3.63, 3.8) is 0 Å². The van der Waals surface area contributed by atoms with Crippen LogP contribution in [0.1, 0.15) is 41.0 Å². The molecule has 0 saturated carbocycles. The largest absolute Gasteiger partial charge is 0.368 e. The van der Waals surface area contributed by atoms with E-state index >= 15 is 0 Å². The van der Waals surface area contributed by atoms with Gasteiger partial charge in [0.2, 0.25) is 0 Å². The summed E-state index contributed by atoms with van der Waals surface area (Å²) in [6.45, 7) is 12.6. The molecule has 8 nitrogen and oxygen atoms in total. The summed E-state index contributed by atoms with van der Waals surface area (Å²) in [5.74, 6) is -0.114. The first-order chi connectivity index (χ1) is 17.6. The Morgan fingerprint density at radius 2 is 1.78 bits per heavy atom. The molecule has 4 aromatic rings. The summed E-state index contributed by atoms with van der Waals surface area (Å²) in [5.41, 5.74) is 5.83. The third kappa shape index (κ3) is 5.19. The number of pyridine rings is 2. The van der Waals surface area contributed by atoms with Gasteiger partial charge in [-0.2, -0.15) is 0 Å². The first-order valence-electron chi connectivity index (χ1n) is 12.6. The fourth-order valence-corrected chi connectivity index (χ4v) is 5.48. The number of amides is 1. The lowest BCUT2D eigenvalue weighted by molar-refractivity contribution is 0.103. The van der Waals surface area contributed by atoms with Gasteiger partial charge >= 0.3 is 0 Å². The molecule has 1 aliphatic heterocycles. The summed E-state index contributed by atoms with van der Waals surface area (Å²) in [7, 11) is 4.19. The van der Waals surface area contributed by atoms with Crippen LogP contribution in [0.4, 0.5) is 11.4 Å². The number of nitrogens with one attached hydrogen (secondary N) is 1. The molecule has 194 valence electrons. The molecule has 1 amide bonds. The third-order valence-corrected chi connectivity index (χ3v) is 8.45. The second-order valence-electron chi connectivity index (χ2n) is 10.8. The average molecular weight is 518 g/mol. The summed E-state index contributed by atoms with van der Waals surface area (Å²) >= 11 is 1.53. The molecule has 0 spiro atoms. The van der Waals surface area contributed by atoms with Crippen molar-refractivity contribution in [3.8, 4) is 16.9 Å². The Kier molecular flexibility index (Phi) is 6.68. The van der Waals surface area contributed by atoms with Crippen molar-refractivity contribution in [3.05, 3.63) is 64.5 Å². The Bertz CT molecular complexity index is 1420. The molecule has 0 aliphatic carbocycles. The molecule has 1 fully saturated rings. The third-order valence-electron chi connectivity index (χ3n) is 6.94. The van der Waals surface area contributed by atoms with E-state index in [0.29, 0.717) is 10.6 Å². The Balaban J connectivity index is 1.34. The van der Waals surface area contributed by atoms with Crippen LogP contribution in [0.3, 0.4) is 0 Å². The number of nitrogens with zero attached hydrogens (tertiary/aromatic N) is 6. The predicted octanol–water partition coefficient (Wildman–Crippen LogP) is 4.94. The van der Waals surface area contributed by atoms with Crippen LogP contribution in [-0.4, -0.2) is 63.4 Å². The number of hydrogen-bond donors (Lipinski definition) is 1. The minimum absolute atomic E-state index is 0.0213. The number of likely N-dealkylation sites (N-methyl/N-ethyl adjacent to an activating group) is 1. The van der Waals surface area contributed by atoms with Crippen LogP contribution >= 0.6 is 11.3 Å². The van der Waals surface area contributed by atoms with Crippen molar-refractivity contribution in [2.24, 2.45) is 7.05 Å². The molecule has 5 rings (SSSR count). The second kappa shape index (κ2) is 9.79. The standard InChI is InChI=1S/C28H35N7OS/c1-19-23(14-21(16-30-19)31-27(36)25-7-8-26(37-25)28(2,3)4)35-18-24(33(35)6)20-13-22(17-29-15-20)34-11-9-32(5)10-12-34/h7-8,13-18H,9-12H2,1-6H3,(H,31,36). The van der Waals surface area contributed by atoms with Crippen LogP contribution in [-0.2, 0) is 12.5 Å². The van der Waals surface area contributed by atoms with Crippen molar-refractivity contribution >= 4 is 28.6 Å². The number of thiophene rings is 1. The first-order valence-corrected chi connectivity index (χ1v) is 13.4. The zero-order chi connectivity index (χ0) is 26.3. The Hall–Kier alpha value is -3.43. The van der Waals surface area contributed by atoms with Crippen molar-refractivity contribution in [1.82, 2.24) is 24.2 Å². The normalized spacial score (nSPS) is 14.8. The van der Waals surface area contributed by atoms with Gasteiger partial charge in [-0.15, -0.1) is 11.3 Å². The number of hydrogen-bond acceptors (Lipinski definition) is 6. The number of aryl methyl sites for hydroxylation is 1. The molecular weight excluding hydrogens is 482 g/mol. The Labute approximate surface area is 222 Å². The lowest BCUT2D eigenvalue weighted by Gasteiger charge is -2.34. The average Bonchev–Trinajstić information content (AvgIpc) is 3.37. The van der Waals surface area contributed by atoms with Crippen LogP contribution in [0.25, 0.3) is 16.9 Å². The molecule has 0 radical (unpaired) electrons. The summed E-state index contributed by atoms with van der Waals surface area (Å²) in [6, 6.07) is 8.12. The molecule has 1 N–H and O–H groups in total. The van der Waals surface area contributed by atoms with Crippen LogP contribution in [0.15, 0.2) is 49.1 Å². The van der Waals surface area contributed by atoms with Crippen molar-refractivity contribution in [2.75, 3.05) is 43.4 Å². The van der Waals surface area contributed by atoms with Crippen LogP contribution < -0.4 is 10.2 Å². The molecule has 37 heavy (non-hydrogen) atoms. The molecule has 9 heteroatoms. The lowest BCUT2D eigenvalue weighted by Crippen LogP contribution is -2.44. The smallest absolute Gasteiger partial charge is 0.265 e. The maximum Gasteiger partial charge on any atom is 0.265 e. The van der Waals surface area contributed by atoms with Crippen LogP contribution in [0.5, 0.6) is 0 Å². The number of aromatic nitrogens is 4. The Morgan fingerprint density at radius 3 is 2.46 bits per heavy atom. The van der Waals surface area contributed by atoms with E-state index in [1.165, 1.54) is 16.2 Å². The molecular formula is C28H35N7OS. The Morgan fingerprint density at radius 1 is 1.03 bits per heavy atom. The first kappa shape index (κ1) is 25.2. The summed E-state index contributed by atoms with van der Waals surface area (Å²) in [6.07, 6.45) is 7.66. The molecule has 0 unspecified atom stereocenters. The second-order valence-corrected chi connectivity index (χ2v) is 11.9. The van der Waals surface area contributed by atoms with Gasteiger partial charge in [0.05, 0.1) is 51.9 Å². The monoisotopic (exact) mass is 517 g/mol. The van der Waals surface area contributed by atoms with Gasteiger partial charge in [-0.1, -0.05) is 20.8 Å². The van der Waals surface area contributed by atoms with E-state index < -0.39 is 0 Å². The van der Waals surface area contributed by atoms with Gasteiger partial charge in [-0.05, 0) is 43.7 Å². The van der Waals surface area contributed by atoms with Gasteiger partial charge in [0, 0.05) is 49.9 Å². The molecule has 5 heterocycles. The maximum atomic E-state index is 12.9. The highest BCUT2D eigenvalue weighted by Crippen LogP contribution is 2.31. The summed E-state index contributed by atoms with van der Waals surface area (Å²) < 4.78 is 4.15. The molecule has 0 atom stereocenters. The quantitative estimate of drug-likeness (QED) is 0.406. The molecule has 1 aliphatic rings. The highest BCUT2D eigenvalue weighted by molar-refractivity contribution is 7.14. The fourth-order valence-electron chi connectivity index (χ4n) is 4.52. The topological polar surface area (TPSA) is 71.2 Å². The molecule has 1 saturated heterocycles. The number of carbonyl (C=O) groups excluding carboxylic acids is 1. The van der Waals surface area contributed by atoms with E-state index in [1.807, 2.05) is 44.6 Å².